The van der Waals surface area contributed by atoms with Crippen molar-refractivity contribution in [2.45, 2.75) is 50.7 Å². The molecule has 0 saturated heterocycles. The van der Waals surface area contributed by atoms with Crippen molar-refractivity contribution >= 4 is 0 Å². The lowest BCUT2D eigenvalue weighted by Crippen LogP contribution is -2.58. The lowest BCUT2D eigenvalue weighted by Gasteiger charge is -2.48. The average molecular weight is 169 g/mol. The van der Waals surface area contributed by atoms with Crippen molar-refractivity contribution in [3.8, 4) is 0 Å². The van der Waals surface area contributed by atoms with E-state index >= 15 is 0 Å². The van der Waals surface area contributed by atoms with E-state index < -0.39 is 0 Å². The van der Waals surface area contributed by atoms with Gasteiger partial charge in [-0.1, -0.05) is 13.3 Å². The molecule has 12 heavy (non-hydrogen) atoms. The molecule has 0 aliphatic heterocycles. The first-order valence-electron chi connectivity index (χ1n) is 5.09. The molecule has 0 aromatic rings. The fraction of sp³-hybridized carbons (Fsp3) is 1.00. The maximum atomic E-state index is 9.70. The van der Waals surface area contributed by atoms with Crippen LogP contribution in [0.2, 0.25) is 0 Å². The second kappa shape index (κ2) is 2.71. The fourth-order valence-electron chi connectivity index (χ4n) is 3.15. The lowest BCUT2D eigenvalue weighted by atomic mass is 9.62. The SMILES string of the molecule is CC1CC(N)(C2CCCC2O)C1. The van der Waals surface area contributed by atoms with Crippen LogP contribution < -0.4 is 5.73 Å². The zero-order valence-corrected chi connectivity index (χ0v) is 7.79. The molecular formula is C10H19NO. The predicted molar refractivity (Wildman–Crippen MR) is 48.7 cm³/mol. The molecule has 2 nitrogen and oxygen atoms in total. The number of nitrogens with two attached hydrogens (primary N) is 1. The van der Waals surface area contributed by atoms with Gasteiger partial charge in [0.05, 0.1) is 6.10 Å². The topological polar surface area (TPSA) is 46.2 Å². The minimum absolute atomic E-state index is 0.00463. The van der Waals surface area contributed by atoms with E-state index in [-0.39, 0.29) is 11.6 Å². The number of rotatable bonds is 1. The van der Waals surface area contributed by atoms with Gasteiger partial charge in [0.15, 0.2) is 0 Å². The highest BCUT2D eigenvalue weighted by molar-refractivity contribution is 5.05. The van der Waals surface area contributed by atoms with Crippen LogP contribution in [0.4, 0.5) is 0 Å². The standard InChI is InChI=1S/C10H19NO/c1-7-5-10(11,6-7)8-3-2-4-9(8)12/h7-9,12H,2-6,11H2,1H3. The van der Waals surface area contributed by atoms with Crippen molar-refractivity contribution in [2.75, 3.05) is 0 Å². The summed E-state index contributed by atoms with van der Waals surface area (Å²) in [6.07, 6.45) is 5.41. The Balaban J connectivity index is 1.99. The molecule has 2 unspecified atom stereocenters. The molecule has 0 aromatic carbocycles. The molecule has 0 spiro atoms. The van der Waals surface area contributed by atoms with Gasteiger partial charge in [0.2, 0.25) is 0 Å². The lowest BCUT2D eigenvalue weighted by molar-refractivity contribution is 0.0192. The van der Waals surface area contributed by atoms with E-state index in [2.05, 4.69) is 6.92 Å². The Morgan fingerprint density at radius 3 is 2.42 bits per heavy atom. The highest BCUT2D eigenvalue weighted by Gasteiger charge is 2.48. The minimum Gasteiger partial charge on any atom is -0.393 e. The highest BCUT2D eigenvalue weighted by atomic mass is 16.3. The summed E-state index contributed by atoms with van der Waals surface area (Å²) in [5, 5.41) is 9.70. The second-order valence-corrected chi connectivity index (χ2v) is 4.85. The van der Waals surface area contributed by atoms with Crippen LogP contribution in [0, 0.1) is 11.8 Å². The monoisotopic (exact) mass is 169 g/mol. The molecular weight excluding hydrogens is 150 g/mol. The Hall–Kier alpha value is -0.0800. The molecule has 2 saturated carbocycles. The summed E-state index contributed by atoms with van der Waals surface area (Å²) in [7, 11) is 0. The second-order valence-electron chi connectivity index (χ2n) is 4.85. The molecule has 0 radical (unpaired) electrons. The zero-order chi connectivity index (χ0) is 8.77. The van der Waals surface area contributed by atoms with Gasteiger partial charge >= 0.3 is 0 Å². The maximum absolute atomic E-state index is 9.70. The zero-order valence-electron chi connectivity index (χ0n) is 7.79. The smallest absolute Gasteiger partial charge is 0.0585 e. The van der Waals surface area contributed by atoms with Gasteiger partial charge in [0.1, 0.15) is 0 Å². The molecule has 0 bridgehead atoms. The van der Waals surface area contributed by atoms with Crippen molar-refractivity contribution in [1.29, 1.82) is 0 Å². The van der Waals surface area contributed by atoms with E-state index in [4.69, 9.17) is 5.73 Å². The van der Waals surface area contributed by atoms with Crippen LogP contribution in [-0.2, 0) is 0 Å². The van der Waals surface area contributed by atoms with Crippen molar-refractivity contribution in [3.63, 3.8) is 0 Å². The number of hydrogen-bond acceptors (Lipinski definition) is 2. The summed E-state index contributed by atoms with van der Waals surface area (Å²) >= 11 is 0. The van der Waals surface area contributed by atoms with E-state index in [1.54, 1.807) is 0 Å². The summed E-state index contributed by atoms with van der Waals surface area (Å²) in [4.78, 5) is 0. The van der Waals surface area contributed by atoms with E-state index in [9.17, 15) is 5.11 Å². The summed E-state index contributed by atoms with van der Waals surface area (Å²) in [6, 6.07) is 0. The van der Waals surface area contributed by atoms with Crippen molar-refractivity contribution in [3.05, 3.63) is 0 Å². The number of aliphatic hydroxyl groups excluding tert-OH is 1. The first-order valence-corrected chi connectivity index (χ1v) is 5.09. The Bertz CT molecular complexity index is 175. The van der Waals surface area contributed by atoms with Gasteiger partial charge in [0.25, 0.3) is 0 Å². The van der Waals surface area contributed by atoms with Crippen LogP contribution in [0.3, 0.4) is 0 Å². The molecule has 2 aliphatic rings. The van der Waals surface area contributed by atoms with E-state index in [0.29, 0.717) is 5.92 Å². The number of aliphatic hydroxyl groups is 1. The molecule has 2 aliphatic carbocycles. The van der Waals surface area contributed by atoms with Gasteiger partial charge in [-0.2, -0.15) is 0 Å². The van der Waals surface area contributed by atoms with Gasteiger partial charge in [-0.15, -0.1) is 0 Å². The molecule has 3 N–H and O–H groups in total. The summed E-state index contributed by atoms with van der Waals surface area (Å²) < 4.78 is 0. The van der Waals surface area contributed by atoms with Crippen LogP contribution in [0.15, 0.2) is 0 Å². The van der Waals surface area contributed by atoms with E-state index in [0.717, 1.165) is 31.6 Å². The largest absolute Gasteiger partial charge is 0.393 e. The fourth-order valence-corrected chi connectivity index (χ4v) is 3.15. The summed E-state index contributed by atoms with van der Waals surface area (Å²) in [5.74, 6) is 1.18. The molecule has 2 rings (SSSR count). The average Bonchev–Trinajstić information content (AvgIpc) is 2.32. The Kier molecular flexibility index (Phi) is 1.92. The van der Waals surface area contributed by atoms with Crippen molar-refractivity contribution in [2.24, 2.45) is 17.6 Å². The minimum atomic E-state index is -0.109. The summed E-state index contributed by atoms with van der Waals surface area (Å²) in [5.41, 5.74) is 6.22. The Morgan fingerprint density at radius 2 is 2.00 bits per heavy atom. The van der Waals surface area contributed by atoms with Crippen LogP contribution in [0.25, 0.3) is 0 Å². The highest BCUT2D eigenvalue weighted by Crippen LogP contribution is 2.46. The molecule has 2 fully saturated rings. The molecule has 0 amide bonds. The quantitative estimate of drug-likeness (QED) is 0.621. The normalized spacial score (nSPS) is 53.8. The van der Waals surface area contributed by atoms with Gasteiger partial charge in [-0.3, -0.25) is 0 Å². The third-order valence-corrected chi connectivity index (χ3v) is 3.67. The van der Waals surface area contributed by atoms with Crippen LogP contribution in [0.5, 0.6) is 0 Å². The van der Waals surface area contributed by atoms with Crippen LogP contribution >= 0.6 is 0 Å². The first kappa shape index (κ1) is 8.52. The van der Waals surface area contributed by atoms with Gasteiger partial charge in [-0.05, 0) is 31.6 Å². The molecule has 2 atom stereocenters. The van der Waals surface area contributed by atoms with Gasteiger partial charge < -0.3 is 10.8 Å². The van der Waals surface area contributed by atoms with Crippen molar-refractivity contribution < 1.29 is 5.11 Å². The van der Waals surface area contributed by atoms with Gasteiger partial charge in [-0.25, -0.2) is 0 Å². The Morgan fingerprint density at radius 1 is 1.33 bits per heavy atom. The molecule has 2 heteroatoms. The van der Waals surface area contributed by atoms with E-state index in [1.165, 1.54) is 6.42 Å². The number of hydrogen-bond donors (Lipinski definition) is 2. The third kappa shape index (κ3) is 1.17. The van der Waals surface area contributed by atoms with Crippen LogP contribution in [-0.4, -0.2) is 16.7 Å². The molecule has 70 valence electrons. The molecule has 0 aromatic heterocycles. The van der Waals surface area contributed by atoms with E-state index in [1.807, 2.05) is 0 Å². The van der Waals surface area contributed by atoms with Crippen molar-refractivity contribution in [1.82, 2.24) is 0 Å². The Labute approximate surface area is 74.1 Å². The maximum Gasteiger partial charge on any atom is 0.0585 e. The van der Waals surface area contributed by atoms with Gasteiger partial charge in [0, 0.05) is 11.5 Å². The first-order chi connectivity index (χ1) is 5.62. The molecule has 0 heterocycles. The summed E-state index contributed by atoms with van der Waals surface area (Å²) in [6.45, 7) is 2.24. The third-order valence-electron chi connectivity index (χ3n) is 3.67. The van der Waals surface area contributed by atoms with Crippen LogP contribution in [0.1, 0.15) is 39.0 Å². The predicted octanol–water partition coefficient (Wildman–Crippen LogP) is 1.27.